The van der Waals surface area contributed by atoms with Crippen LogP contribution in [0.25, 0.3) is 0 Å². The maximum atomic E-state index is 14.3. The molecule has 0 saturated carbocycles. The Balaban J connectivity index is 1.34. The summed E-state index contributed by atoms with van der Waals surface area (Å²) in [6, 6.07) is 18.7. The number of carbonyl (C=O) groups is 3. The highest BCUT2D eigenvalue weighted by molar-refractivity contribution is 8.01. The lowest BCUT2D eigenvalue weighted by molar-refractivity contribution is -0.192. The summed E-state index contributed by atoms with van der Waals surface area (Å²) < 4.78 is 17.2. The van der Waals surface area contributed by atoms with Gasteiger partial charge >= 0.3 is 5.97 Å². The lowest BCUT2D eigenvalue weighted by Crippen LogP contribution is -2.81. The fourth-order valence-electron chi connectivity index (χ4n) is 5.08. The van der Waals surface area contributed by atoms with Crippen molar-refractivity contribution in [2.45, 2.75) is 22.4 Å². The smallest absolute Gasteiger partial charge is 0.356 e. The fraction of sp³-hybridized carbons (Fsp3) is 0.276. The molecule has 15 nitrogen and oxygen atoms in total. The highest BCUT2D eigenvalue weighted by Crippen LogP contribution is 2.48. The number of tetrazole rings is 1. The largest absolute Gasteiger partial charge is 0.448 e. The Morgan fingerprint density at radius 3 is 2.38 bits per heavy atom. The number of thioether (sulfide) groups is 2. The molecule has 2 aliphatic heterocycles. The van der Waals surface area contributed by atoms with Crippen LogP contribution >= 0.6 is 35.1 Å². The highest BCUT2D eigenvalue weighted by Gasteiger charge is 2.67. The SMILES string of the molecule is CON=C(C(=O)NC1(OC)C(=O)N2C(C(=O)OC(c3ccccc3)c3ccccc3)=C(CSc3nnnn3C)CS[C@H]21)c1csnn1. The number of hydrogen-bond donors (Lipinski definition) is 1. The first-order valence-electron chi connectivity index (χ1n) is 14.0. The Morgan fingerprint density at radius 1 is 1.11 bits per heavy atom. The molecule has 18 heteroatoms. The van der Waals surface area contributed by atoms with Crippen LogP contribution in [0.15, 0.2) is 87.6 Å². The number of oxime groups is 1. The quantitative estimate of drug-likeness (QED) is 0.0571. The molecule has 242 valence electrons. The molecule has 1 fully saturated rings. The van der Waals surface area contributed by atoms with Crippen molar-refractivity contribution in [2.24, 2.45) is 12.2 Å². The van der Waals surface area contributed by atoms with Crippen molar-refractivity contribution in [1.82, 2.24) is 40.0 Å². The van der Waals surface area contributed by atoms with E-state index < -0.39 is 35.0 Å². The molecule has 0 spiro atoms. The van der Waals surface area contributed by atoms with Gasteiger partial charge in [0.1, 0.15) is 23.9 Å². The van der Waals surface area contributed by atoms with Gasteiger partial charge in [0.05, 0.1) is 0 Å². The Hall–Kier alpha value is -4.65. The molecule has 1 saturated heterocycles. The van der Waals surface area contributed by atoms with Crippen molar-refractivity contribution in [1.29, 1.82) is 0 Å². The van der Waals surface area contributed by atoms with Crippen LogP contribution in [0.1, 0.15) is 22.9 Å². The highest BCUT2D eigenvalue weighted by atomic mass is 32.2. The van der Waals surface area contributed by atoms with E-state index in [0.717, 1.165) is 22.7 Å². The van der Waals surface area contributed by atoms with E-state index in [4.69, 9.17) is 14.3 Å². The van der Waals surface area contributed by atoms with Crippen LogP contribution in [0.3, 0.4) is 0 Å². The zero-order valence-corrected chi connectivity index (χ0v) is 27.6. The van der Waals surface area contributed by atoms with E-state index >= 15 is 0 Å². The molecule has 2 aromatic heterocycles. The van der Waals surface area contributed by atoms with Gasteiger partial charge in [0.25, 0.3) is 17.5 Å². The minimum atomic E-state index is -1.82. The summed E-state index contributed by atoms with van der Waals surface area (Å²) in [6.07, 6.45) is -0.759. The van der Waals surface area contributed by atoms with Gasteiger partial charge in [-0.3, -0.25) is 14.5 Å². The Morgan fingerprint density at radius 2 is 1.81 bits per heavy atom. The van der Waals surface area contributed by atoms with E-state index in [1.54, 1.807) is 7.05 Å². The molecule has 1 unspecified atom stereocenters. The van der Waals surface area contributed by atoms with Gasteiger partial charge in [-0.1, -0.05) is 82.1 Å². The number of methoxy groups -OCH3 is 1. The van der Waals surface area contributed by atoms with Gasteiger partial charge in [-0.25, -0.2) is 9.48 Å². The number of fused-ring (bicyclic) bond motifs is 1. The number of esters is 1. The van der Waals surface area contributed by atoms with Gasteiger partial charge < -0.3 is 19.6 Å². The number of rotatable bonds is 12. The third-order valence-electron chi connectivity index (χ3n) is 7.31. The van der Waals surface area contributed by atoms with E-state index in [-0.39, 0.29) is 22.9 Å². The molecule has 1 N–H and O–H groups in total. The maximum absolute atomic E-state index is 14.3. The number of aromatic nitrogens is 6. The molecule has 2 aromatic carbocycles. The predicted molar refractivity (Wildman–Crippen MR) is 172 cm³/mol. The fourth-order valence-corrected chi connectivity index (χ4v) is 7.94. The molecule has 6 rings (SSSR count). The van der Waals surface area contributed by atoms with Crippen molar-refractivity contribution in [2.75, 3.05) is 25.7 Å². The summed E-state index contributed by atoms with van der Waals surface area (Å²) >= 11 is 3.66. The Bertz CT molecular complexity index is 1780. The number of hydrogen-bond acceptors (Lipinski definition) is 15. The lowest BCUT2D eigenvalue weighted by Gasteiger charge is -2.56. The topological polar surface area (TPSA) is 176 Å². The van der Waals surface area contributed by atoms with Crippen molar-refractivity contribution < 1.29 is 28.7 Å². The average Bonchev–Trinajstić information content (AvgIpc) is 3.79. The van der Waals surface area contributed by atoms with Gasteiger partial charge in [-0.05, 0) is 38.7 Å². The van der Waals surface area contributed by atoms with E-state index in [1.807, 2.05) is 60.7 Å². The zero-order valence-electron chi connectivity index (χ0n) is 25.2. The number of carbonyl (C=O) groups excluding carboxylic acids is 3. The lowest BCUT2D eigenvalue weighted by atomic mass is 9.97. The average molecular weight is 694 g/mol. The third-order valence-corrected chi connectivity index (χ3v) is 10.3. The number of aryl methyl sites for hydroxylation is 1. The molecule has 47 heavy (non-hydrogen) atoms. The van der Waals surface area contributed by atoms with E-state index in [9.17, 15) is 14.4 Å². The van der Waals surface area contributed by atoms with Crippen LogP contribution in [0.2, 0.25) is 0 Å². The normalized spacial score (nSPS) is 19.3. The van der Waals surface area contributed by atoms with Crippen LogP contribution in [-0.2, 0) is 35.7 Å². The van der Waals surface area contributed by atoms with Gasteiger partial charge in [-0.15, -0.1) is 22.0 Å². The Labute approximate surface area is 280 Å². The van der Waals surface area contributed by atoms with Crippen LogP contribution in [0, 0.1) is 0 Å². The summed E-state index contributed by atoms with van der Waals surface area (Å²) in [7, 11) is 4.30. The summed E-state index contributed by atoms with van der Waals surface area (Å²) in [5.74, 6) is -1.54. The van der Waals surface area contributed by atoms with Crippen LogP contribution in [0.4, 0.5) is 0 Å². The molecule has 2 atom stereocenters. The van der Waals surface area contributed by atoms with Crippen LogP contribution in [0.5, 0.6) is 0 Å². The summed E-state index contributed by atoms with van der Waals surface area (Å²) in [5, 5.41) is 23.2. The summed E-state index contributed by atoms with van der Waals surface area (Å²) in [4.78, 5) is 48.0. The second-order valence-electron chi connectivity index (χ2n) is 10.1. The number of amides is 2. The molecule has 0 aliphatic carbocycles. The van der Waals surface area contributed by atoms with Crippen molar-refractivity contribution in [3.8, 4) is 0 Å². The van der Waals surface area contributed by atoms with Crippen molar-refractivity contribution in [3.05, 3.63) is 94.1 Å². The number of nitrogens with one attached hydrogen (secondary N) is 1. The number of nitrogens with zero attached hydrogens (tertiary/aromatic N) is 8. The van der Waals surface area contributed by atoms with E-state index in [0.29, 0.717) is 16.5 Å². The molecule has 0 bridgehead atoms. The first kappa shape index (κ1) is 32.3. The predicted octanol–water partition coefficient (Wildman–Crippen LogP) is 2.17. The van der Waals surface area contributed by atoms with Gasteiger partial charge in [0.2, 0.25) is 5.16 Å². The molecular weight excluding hydrogens is 667 g/mol. The molecular formula is C29H27N9O6S3. The first-order valence-corrected chi connectivity index (χ1v) is 16.8. The standard InChI is InChI=1S/C29H27N9O6S3/c1-37-28(32-34-35-37)46-15-19-14-45-27-29(42-2,30-24(39)21(33-43-3)20-16-47-36-31-20)26(41)38(27)22(19)25(40)44-23(17-10-6-4-7-11-17)18-12-8-5-9-13-18/h4-13,16,23,27H,14-15H2,1-3H3,(H,30,39)/t27-,29?/m0/s1. The van der Waals surface area contributed by atoms with Gasteiger partial charge in [0.15, 0.2) is 11.8 Å². The van der Waals surface area contributed by atoms with Crippen molar-refractivity contribution in [3.63, 3.8) is 0 Å². The maximum Gasteiger partial charge on any atom is 0.356 e. The van der Waals surface area contributed by atoms with Gasteiger partial charge in [0, 0.05) is 31.0 Å². The first-order chi connectivity index (χ1) is 22.9. The second kappa shape index (κ2) is 14.0. The number of ether oxygens (including phenoxy) is 2. The Kier molecular flexibility index (Phi) is 9.62. The second-order valence-corrected chi connectivity index (χ2v) is 12.7. The van der Waals surface area contributed by atoms with Crippen LogP contribution < -0.4 is 5.32 Å². The molecule has 4 aromatic rings. The molecule has 2 aliphatic rings. The third kappa shape index (κ3) is 6.23. The minimum absolute atomic E-state index is 0.0645. The minimum Gasteiger partial charge on any atom is -0.448 e. The molecule has 0 radical (unpaired) electrons. The zero-order chi connectivity index (χ0) is 33.0. The number of benzene rings is 2. The molecule has 2 amide bonds. The van der Waals surface area contributed by atoms with E-state index in [1.165, 1.54) is 52.7 Å². The van der Waals surface area contributed by atoms with Gasteiger partial charge in [-0.2, -0.15) is 0 Å². The van der Waals surface area contributed by atoms with E-state index in [2.05, 4.69) is 35.6 Å². The summed E-state index contributed by atoms with van der Waals surface area (Å²) in [6.45, 7) is 0. The monoisotopic (exact) mass is 693 g/mol. The molecule has 4 heterocycles. The van der Waals surface area contributed by atoms with Crippen molar-refractivity contribution >= 4 is 58.6 Å². The summed E-state index contributed by atoms with van der Waals surface area (Å²) in [5.41, 5.74) is 0.350. The number of β-lactam (4-membered cyclic amide) rings is 1. The van der Waals surface area contributed by atoms with Crippen LogP contribution in [-0.4, -0.2) is 95.0 Å².